The van der Waals surface area contributed by atoms with E-state index in [-0.39, 0.29) is 11.5 Å². The molecule has 1 aromatic carbocycles. The van der Waals surface area contributed by atoms with E-state index < -0.39 is 21.4 Å². The number of nitro benzene ring substituents is 1. The molecule has 0 spiro atoms. The van der Waals surface area contributed by atoms with Crippen LogP contribution in [0.25, 0.3) is 0 Å². The summed E-state index contributed by atoms with van der Waals surface area (Å²) in [7, 11) is 0. The maximum atomic E-state index is 13.4. The van der Waals surface area contributed by atoms with Crippen LogP contribution in [0.1, 0.15) is 4.88 Å². The van der Waals surface area contributed by atoms with Gasteiger partial charge in [0.05, 0.1) is 9.85 Å². The van der Waals surface area contributed by atoms with E-state index in [9.17, 15) is 24.6 Å². The van der Waals surface area contributed by atoms with Crippen molar-refractivity contribution in [3.63, 3.8) is 0 Å². The lowest BCUT2D eigenvalue weighted by Gasteiger charge is -2.04. The van der Waals surface area contributed by atoms with Crippen LogP contribution in [0.5, 0.6) is 0 Å². The lowest BCUT2D eigenvalue weighted by Crippen LogP contribution is -1.99. The number of thiophene rings is 1. The normalized spacial score (nSPS) is 10.2. The molecule has 1 N–H and O–H groups in total. The van der Waals surface area contributed by atoms with Crippen LogP contribution in [-0.4, -0.2) is 9.85 Å². The van der Waals surface area contributed by atoms with Crippen LogP contribution in [0.15, 0.2) is 30.3 Å². The Morgan fingerprint density at radius 2 is 1.90 bits per heavy atom. The number of hydrogen-bond acceptors (Lipinski definition) is 6. The Kier molecular flexibility index (Phi) is 3.89. The minimum Gasteiger partial charge on any atom is -0.380 e. The van der Waals surface area contributed by atoms with Gasteiger partial charge >= 0.3 is 10.7 Å². The first kappa shape index (κ1) is 13.9. The molecular formula is C11H8FN3O4S. The van der Waals surface area contributed by atoms with Crippen molar-refractivity contribution in [2.75, 3.05) is 5.32 Å². The summed E-state index contributed by atoms with van der Waals surface area (Å²) < 4.78 is 13.4. The fourth-order valence-electron chi connectivity index (χ4n) is 1.51. The minimum absolute atomic E-state index is 0.0247. The van der Waals surface area contributed by atoms with E-state index in [0.29, 0.717) is 10.6 Å². The van der Waals surface area contributed by atoms with Gasteiger partial charge in [-0.3, -0.25) is 20.2 Å². The maximum Gasteiger partial charge on any atom is 0.324 e. The molecule has 2 aromatic rings. The molecule has 0 radical (unpaired) electrons. The molecule has 7 nitrogen and oxygen atoms in total. The van der Waals surface area contributed by atoms with Gasteiger partial charge in [-0.2, -0.15) is 4.39 Å². The molecule has 2 rings (SSSR count). The predicted molar refractivity (Wildman–Crippen MR) is 71.4 cm³/mol. The maximum absolute atomic E-state index is 13.4. The Balaban J connectivity index is 2.05. The fourth-order valence-corrected chi connectivity index (χ4v) is 2.27. The number of halogens is 1. The monoisotopic (exact) mass is 297 g/mol. The molecule has 0 amide bonds. The van der Waals surface area contributed by atoms with Crippen LogP contribution in [0.3, 0.4) is 0 Å². The summed E-state index contributed by atoms with van der Waals surface area (Å²) in [5.74, 6) is -0.933. The Labute approximate surface area is 116 Å². The third-order valence-corrected chi connectivity index (χ3v) is 3.48. The summed E-state index contributed by atoms with van der Waals surface area (Å²) in [5, 5.41) is 23.8. The van der Waals surface area contributed by atoms with Gasteiger partial charge in [0.1, 0.15) is 0 Å². The average Bonchev–Trinajstić information content (AvgIpc) is 2.85. The lowest BCUT2D eigenvalue weighted by molar-refractivity contribution is -0.387. The molecule has 9 heteroatoms. The van der Waals surface area contributed by atoms with Gasteiger partial charge in [-0.1, -0.05) is 11.3 Å². The Bertz CT molecular complexity index is 673. The van der Waals surface area contributed by atoms with E-state index in [2.05, 4.69) is 5.32 Å². The highest BCUT2D eigenvalue weighted by Crippen LogP contribution is 2.25. The van der Waals surface area contributed by atoms with E-state index in [1.54, 1.807) is 6.07 Å². The van der Waals surface area contributed by atoms with Gasteiger partial charge in [-0.05, 0) is 12.1 Å². The molecule has 0 aliphatic rings. The van der Waals surface area contributed by atoms with Crippen molar-refractivity contribution < 1.29 is 14.2 Å². The average molecular weight is 297 g/mol. The number of hydrogen-bond donors (Lipinski definition) is 1. The largest absolute Gasteiger partial charge is 0.380 e. The third-order valence-electron chi connectivity index (χ3n) is 2.44. The smallest absolute Gasteiger partial charge is 0.324 e. The van der Waals surface area contributed by atoms with Gasteiger partial charge < -0.3 is 5.32 Å². The summed E-state index contributed by atoms with van der Waals surface area (Å²) >= 11 is 1.01. The first-order valence-electron chi connectivity index (χ1n) is 5.38. The Hall–Kier alpha value is -2.55. The molecule has 104 valence electrons. The second-order valence-electron chi connectivity index (χ2n) is 3.77. The summed E-state index contributed by atoms with van der Waals surface area (Å²) in [5.41, 5.74) is -0.230. The molecule has 0 saturated carbocycles. The van der Waals surface area contributed by atoms with Crippen molar-refractivity contribution in [2.24, 2.45) is 0 Å². The van der Waals surface area contributed by atoms with Gasteiger partial charge in [0.25, 0.3) is 0 Å². The van der Waals surface area contributed by atoms with Crippen LogP contribution in [0.2, 0.25) is 0 Å². The summed E-state index contributed by atoms with van der Waals surface area (Å²) in [6.45, 7) is 0.274. The number of nitrogens with one attached hydrogen (secondary N) is 1. The Morgan fingerprint density at radius 1 is 1.15 bits per heavy atom. The number of nitrogens with zero attached hydrogens (tertiary/aromatic N) is 2. The number of rotatable bonds is 5. The summed E-state index contributed by atoms with van der Waals surface area (Å²) in [6.07, 6.45) is 0. The molecule has 0 atom stereocenters. The zero-order chi connectivity index (χ0) is 14.7. The van der Waals surface area contributed by atoms with Gasteiger partial charge in [0.15, 0.2) is 0 Å². The molecule has 0 bridgehead atoms. The van der Waals surface area contributed by atoms with Crippen molar-refractivity contribution in [3.8, 4) is 0 Å². The van der Waals surface area contributed by atoms with E-state index >= 15 is 0 Å². The first-order valence-corrected chi connectivity index (χ1v) is 6.20. The van der Waals surface area contributed by atoms with Gasteiger partial charge in [0, 0.05) is 35.3 Å². The SMILES string of the molecule is O=[N+]([O-])c1ccc(CNc2ccc([N+](=O)[O-])c(F)c2)s1. The second-order valence-corrected chi connectivity index (χ2v) is 4.92. The van der Waals surface area contributed by atoms with Crippen molar-refractivity contribution in [2.45, 2.75) is 6.54 Å². The van der Waals surface area contributed by atoms with E-state index in [0.717, 1.165) is 23.5 Å². The second kappa shape index (κ2) is 5.61. The van der Waals surface area contributed by atoms with Crippen molar-refractivity contribution in [1.82, 2.24) is 0 Å². The summed E-state index contributed by atoms with van der Waals surface area (Å²) in [6, 6.07) is 6.44. The van der Waals surface area contributed by atoms with E-state index in [1.165, 1.54) is 12.1 Å². The molecular weight excluding hydrogens is 289 g/mol. The van der Waals surface area contributed by atoms with Crippen molar-refractivity contribution >= 4 is 27.7 Å². The van der Waals surface area contributed by atoms with Crippen LogP contribution < -0.4 is 5.32 Å². The quantitative estimate of drug-likeness (QED) is 0.674. The van der Waals surface area contributed by atoms with Gasteiger partial charge in [-0.25, -0.2) is 0 Å². The fraction of sp³-hybridized carbons (Fsp3) is 0.0909. The summed E-state index contributed by atoms with van der Waals surface area (Å²) in [4.78, 5) is 20.4. The molecule has 0 aliphatic heterocycles. The van der Waals surface area contributed by atoms with Gasteiger partial charge in [0.2, 0.25) is 5.82 Å². The van der Waals surface area contributed by atoms with Crippen molar-refractivity contribution in [3.05, 3.63) is 61.3 Å². The number of nitro groups is 2. The minimum atomic E-state index is -0.933. The number of anilines is 1. The van der Waals surface area contributed by atoms with Crippen molar-refractivity contribution in [1.29, 1.82) is 0 Å². The molecule has 0 saturated heterocycles. The highest BCUT2D eigenvalue weighted by molar-refractivity contribution is 7.15. The highest BCUT2D eigenvalue weighted by atomic mass is 32.1. The predicted octanol–water partition coefficient (Wildman–Crippen LogP) is 3.32. The van der Waals surface area contributed by atoms with Crippen LogP contribution in [0.4, 0.5) is 20.8 Å². The highest BCUT2D eigenvalue weighted by Gasteiger charge is 2.14. The topological polar surface area (TPSA) is 98.3 Å². The molecule has 0 aliphatic carbocycles. The van der Waals surface area contributed by atoms with Gasteiger partial charge in [-0.15, -0.1) is 0 Å². The number of benzene rings is 1. The zero-order valence-electron chi connectivity index (χ0n) is 9.91. The van der Waals surface area contributed by atoms with Crippen LogP contribution >= 0.6 is 11.3 Å². The standard InChI is InChI=1S/C11H8FN3O4S/c12-9-5-7(1-3-10(9)14(16)17)13-6-8-2-4-11(20-8)15(18)19/h1-5,13H,6H2. The van der Waals surface area contributed by atoms with E-state index in [1.807, 2.05) is 0 Å². The molecule has 20 heavy (non-hydrogen) atoms. The molecule has 1 heterocycles. The molecule has 0 fully saturated rings. The molecule has 0 unspecified atom stereocenters. The third kappa shape index (κ3) is 3.06. The zero-order valence-corrected chi connectivity index (χ0v) is 10.7. The first-order chi connectivity index (χ1) is 9.47. The van der Waals surface area contributed by atoms with Crippen LogP contribution in [0, 0.1) is 26.0 Å². The van der Waals surface area contributed by atoms with E-state index in [4.69, 9.17) is 0 Å². The Morgan fingerprint density at radius 3 is 2.45 bits per heavy atom. The van der Waals surface area contributed by atoms with Crippen LogP contribution in [-0.2, 0) is 6.54 Å². The molecule has 1 aromatic heterocycles. The lowest BCUT2D eigenvalue weighted by atomic mass is 10.2.